The molecule has 0 aromatic rings. The molecule has 2 unspecified atom stereocenters. The Morgan fingerprint density at radius 3 is 2.47 bits per heavy atom. The van der Waals surface area contributed by atoms with Gasteiger partial charge < -0.3 is 15.3 Å². The number of nitrogens with zero attached hydrogens (tertiary/aromatic N) is 1. The van der Waals surface area contributed by atoms with Gasteiger partial charge in [-0.05, 0) is 43.6 Å². The van der Waals surface area contributed by atoms with Crippen LogP contribution in [-0.2, 0) is 0 Å². The van der Waals surface area contributed by atoms with Gasteiger partial charge in [-0.15, -0.1) is 0 Å². The average Bonchev–Trinajstić information content (AvgIpc) is 2.33. The summed E-state index contributed by atoms with van der Waals surface area (Å²) in [7, 11) is 0. The molecule has 0 aromatic carbocycles. The maximum Gasteiger partial charge on any atom is 0.0431 e. The van der Waals surface area contributed by atoms with E-state index in [2.05, 4.69) is 37.9 Å². The van der Waals surface area contributed by atoms with Crippen LogP contribution >= 0.6 is 0 Å². The van der Waals surface area contributed by atoms with Crippen molar-refractivity contribution in [3.05, 3.63) is 0 Å². The molecular formula is C16H34N2O. The van der Waals surface area contributed by atoms with Crippen LogP contribution < -0.4 is 5.32 Å². The van der Waals surface area contributed by atoms with E-state index in [1.165, 1.54) is 32.5 Å². The molecule has 114 valence electrons. The summed E-state index contributed by atoms with van der Waals surface area (Å²) in [6.45, 7) is 14.2. The summed E-state index contributed by atoms with van der Waals surface area (Å²) in [5.74, 6) is 2.21. The topological polar surface area (TPSA) is 35.5 Å². The van der Waals surface area contributed by atoms with E-state index in [0.717, 1.165) is 30.7 Å². The molecule has 0 bridgehead atoms. The Labute approximate surface area is 119 Å². The van der Waals surface area contributed by atoms with Crippen molar-refractivity contribution in [1.82, 2.24) is 10.2 Å². The Bertz CT molecular complexity index is 231. The molecule has 2 N–H and O–H groups in total. The van der Waals surface area contributed by atoms with Gasteiger partial charge >= 0.3 is 0 Å². The van der Waals surface area contributed by atoms with Gasteiger partial charge in [0.2, 0.25) is 0 Å². The van der Waals surface area contributed by atoms with Crippen LogP contribution in [0.25, 0.3) is 0 Å². The molecule has 3 nitrogen and oxygen atoms in total. The van der Waals surface area contributed by atoms with Gasteiger partial charge in [-0.3, -0.25) is 0 Å². The van der Waals surface area contributed by atoms with Crippen LogP contribution in [-0.4, -0.2) is 48.8 Å². The van der Waals surface area contributed by atoms with Gasteiger partial charge in [0.15, 0.2) is 0 Å². The highest BCUT2D eigenvalue weighted by atomic mass is 16.2. The fourth-order valence-electron chi connectivity index (χ4n) is 3.11. The molecule has 1 fully saturated rings. The normalized spacial score (nSPS) is 25.4. The highest BCUT2D eigenvalue weighted by molar-refractivity contribution is 4.84. The van der Waals surface area contributed by atoms with E-state index in [0.29, 0.717) is 12.6 Å². The lowest BCUT2D eigenvalue weighted by Gasteiger charge is -2.39. The maximum absolute atomic E-state index is 9.02. The van der Waals surface area contributed by atoms with E-state index < -0.39 is 0 Å². The molecule has 0 radical (unpaired) electrons. The Balaban J connectivity index is 2.45. The fourth-order valence-corrected chi connectivity index (χ4v) is 3.11. The lowest BCUT2D eigenvalue weighted by molar-refractivity contribution is 0.117. The number of hydrogen-bond acceptors (Lipinski definition) is 3. The van der Waals surface area contributed by atoms with Gasteiger partial charge in [0.25, 0.3) is 0 Å². The number of hydrogen-bond donors (Lipinski definition) is 2. The first kappa shape index (κ1) is 16.9. The van der Waals surface area contributed by atoms with Crippen molar-refractivity contribution >= 4 is 0 Å². The largest absolute Gasteiger partial charge is 0.396 e. The quantitative estimate of drug-likeness (QED) is 0.711. The lowest BCUT2D eigenvalue weighted by Crippen LogP contribution is -2.50. The molecule has 2 atom stereocenters. The highest BCUT2D eigenvalue weighted by Gasteiger charge is 2.26. The molecule has 1 heterocycles. The summed E-state index contributed by atoms with van der Waals surface area (Å²) < 4.78 is 0. The summed E-state index contributed by atoms with van der Waals surface area (Å²) in [6, 6.07) is 0.638. The van der Waals surface area contributed by atoms with Crippen LogP contribution in [0, 0.1) is 17.8 Å². The Hall–Kier alpha value is -0.120. The van der Waals surface area contributed by atoms with E-state index >= 15 is 0 Å². The average molecular weight is 270 g/mol. The number of rotatable bonds is 8. The van der Waals surface area contributed by atoms with Crippen LogP contribution in [0.15, 0.2) is 0 Å². The minimum absolute atomic E-state index is 0.338. The summed E-state index contributed by atoms with van der Waals surface area (Å²) >= 11 is 0. The lowest BCUT2D eigenvalue weighted by atomic mass is 9.89. The SMILES string of the molecule is CC(C)CNC1CC(CCCO)CN(CC(C)C)C1. The van der Waals surface area contributed by atoms with Crippen LogP contribution in [0.1, 0.15) is 47.0 Å². The molecule has 0 saturated carbocycles. The number of nitrogens with one attached hydrogen (secondary N) is 1. The summed E-state index contributed by atoms with van der Waals surface area (Å²) in [6.07, 6.45) is 3.41. The van der Waals surface area contributed by atoms with Crippen molar-refractivity contribution in [2.75, 3.05) is 32.8 Å². The van der Waals surface area contributed by atoms with Crippen molar-refractivity contribution in [1.29, 1.82) is 0 Å². The van der Waals surface area contributed by atoms with E-state index in [1.54, 1.807) is 0 Å². The monoisotopic (exact) mass is 270 g/mol. The minimum Gasteiger partial charge on any atom is -0.396 e. The minimum atomic E-state index is 0.338. The molecule has 0 aromatic heterocycles. The zero-order chi connectivity index (χ0) is 14.3. The molecule has 0 aliphatic carbocycles. The maximum atomic E-state index is 9.02. The highest BCUT2D eigenvalue weighted by Crippen LogP contribution is 2.22. The second-order valence-electron chi connectivity index (χ2n) is 7.08. The summed E-state index contributed by atoms with van der Waals surface area (Å²) in [5, 5.41) is 12.7. The van der Waals surface area contributed by atoms with Crippen molar-refractivity contribution in [2.24, 2.45) is 17.8 Å². The molecule has 1 aliphatic rings. The zero-order valence-electron chi connectivity index (χ0n) is 13.4. The van der Waals surface area contributed by atoms with Crippen LogP contribution in [0.3, 0.4) is 0 Å². The molecule has 1 aliphatic heterocycles. The Morgan fingerprint density at radius 1 is 1.16 bits per heavy atom. The molecule has 1 rings (SSSR count). The molecule has 1 saturated heterocycles. The standard InChI is InChI=1S/C16H34N2O/c1-13(2)9-17-16-8-15(6-5-7-19)11-18(12-16)10-14(3)4/h13-17,19H,5-12H2,1-4H3. The molecule has 0 spiro atoms. The van der Waals surface area contributed by atoms with Gasteiger partial charge in [0.05, 0.1) is 0 Å². The summed E-state index contributed by atoms with van der Waals surface area (Å²) in [4.78, 5) is 2.62. The van der Waals surface area contributed by atoms with E-state index in [9.17, 15) is 0 Å². The third-order valence-corrected chi connectivity index (χ3v) is 3.82. The van der Waals surface area contributed by atoms with Crippen molar-refractivity contribution < 1.29 is 5.11 Å². The predicted octanol–water partition coefficient (Wildman–Crippen LogP) is 2.35. The third-order valence-electron chi connectivity index (χ3n) is 3.82. The Morgan fingerprint density at radius 2 is 1.89 bits per heavy atom. The van der Waals surface area contributed by atoms with E-state index in [1.807, 2.05) is 0 Å². The van der Waals surface area contributed by atoms with Crippen LogP contribution in [0.4, 0.5) is 0 Å². The smallest absolute Gasteiger partial charge is 0.0431 e. The molecule has 19 heavy (non-hydrogen) atoms. The van der Waals surface area contributed by atoms with Gasteiger partial charge in [0, 0.05) is 32.3 Å². The van der Waals surface area contributed by atoms with Gasteiger partial charge in [-0.25, -0.2) is 0 Å². The predicted molar refractivity (Wildman–Crippen MR) is 82.3 cm³/mol. The second kappa shape index (κ2) is 8.93. The zero-order valence-corrected chi connectivity index (χ0v) is 13.4. The number of aliphatic hydroxyl groups is 1. The van der Waals surface area contributed by atoms with Crippen LogP contribution in [0.2, 0.25) is 0 Å². The Kier molecular flexibility index (Phi) is 7.96. The number of likely N-dealkylation sites (tertiary alicyclic amines) is 1. The molecule has 3 heteroatoms. The van der Waals surface area contributed by atoms with Crippen molar-refractivity contribution in [3.63, 3.8) is 0 Å². The second-order valence-corrected chi connectivity index (χ2v) is 7.08. The molecule has 0 amide bonds. The summed E-state index contributed by atoms with van der Waals surface area (Å²) in [5.41, 5.74) is 0. The molecular weight excluding hydrogens is 236 g/mol. The van der Waals surface area contributed by atoms with Gasteiger partial charge in [-0.1, -0.05) is 27.7 Å². The number of piperidine rings is 1. The van der Waals surface area contributed by atoms with Gasteiger partial charge in [0.1, 0.15) is 0 Å². The fraction of sp³-hybridized carbons (Fsp3) is 1.00. The van der Waals surface area contributed by atoms with Crippen LogP contribution in [0.5, 0.6) is 0 Å². The number of aliphatic hydroxyl groups excluding tert-OH is 1. The van der Waals surface area contributed by atoms with Gasteiger partial charge in [-0.2, -0.15) is 0 Å². The third kappa shape index (κ3) is 7.28. The first-order chi connectivity index (χ1) is 9.01. The first-order valence-electron chi connectivity index (χ1n) is 8.07. The first-order valence-corrected chi connectivity index (χ1v) is 8.07. The van der Waals surface area contributed by atoms with E-state index in [4.69, 9.17) is 5.11 Å². The van der Waals surface area contributed by atoms with Crippen molar-refractivity contribution in [3.8, 4) is 0 Å². The van der Waals surface area contributed by atoms with Crippen molar-refractivity contribution in [2.45, 2.75) is 53.0 Å². The van der Waals surface area contributed by atoms with E-state index in [-0.39, 0.29) is 0 Å².